The fourth-order valence-corrected chi connectivity index (χ4v) is 1.52. The molecule has 2 N–H and O–H groups in total. The van der Waals surface area contributed by atoms with Gasteiger partial charge in [0.2, 0.25) is 0 Å². The van der Waals surface area contributed by atoms with Crippen molar-refractivity contribution in [2.45, 2.75) is 6.04 Å². The van der Waals surface area contributed by atoms with Crippen LogP contribution in [0.25, 0.3) is 0 Å². The molecule has 0 unspecified atom stereocenters. The summed E-state index contributed by atoms with van der Waals surface area (Å²) in [5.41, 5.74) is 6.87. The maximum absolute atomic E-state index is 5.84. The lowest BCUT2D eigenvalue weighted by Crippen LogP contribution is -2.05. The highest BCUT2D eigenvalue weighted by atomic mass is 16.5. The third kappa shape index (κ3) is 2.95. The number of para-hydroxylation sites is 1. The molecular weight excluding hydrogens is 210 g/mol. The topological polar surface area (TPSA) is 35.2 Å². The Morgan fingerprint density at radius 3 is 2.12 bits per heavy atom. The molecule has 1 atom stereocenters. The highest BCUT2D eigenvalue weighted by Gasteiger charge is 2.01. The summed E-state index contributed by atoms with van der Waals surface area (Å²) in [6.07, 6.45) is 1.72. The molecule has 0 saturated carbocycles. The van der Waals surface area contributed by atoms with Gasteiger partial charge in [0.25, 0.3) is 0 Å². The molecule has 0 aliphatic heterocycles. The van der Waals surface area contributed by atoms with Gasteiger partial charge in [-0.1, -0.05) is 36.4 Å². The summed E-state index contributed by atoms with van der Waals surface area (Å²) >= 11 is 0. The summed E-state index contributed by atoms with van der Waals surface area (Å²) in [6, 6.07) is 17.3. The Hall–Kier alpha value is -2.06. The van der Waals surface area contributed by atoms with Gasteiger partial charge in [-0.05, 0) is 29.8 Å². The molecule has 17 heavy (non-hydrogen) atoms. The maximum Gasteiger partial charge on any atom is 0.127 e. The second-order valence-electron chi connectivity index (χ2n) is 3.75. The molecule has 2 aromatic carbocycles. The fraction of sp³-hybridized carbons (Fsp3) is 0.0667. The molecule has 2 rings (SSSR count). The average molecular weight is 225 g/mol. The first kappa shape index (κ1) is 11.4. The highest BCUT2D eigenvalue weighted by molar-refractivity contribution is 5.34. The molecule has 2 nitrogen and oxygen atoms in total. The van der Waals surface area contributed by atoms with Crippen LogP contribution in [0.4, 0.5) is 0 Å². The molecule has 86 valence electrons. The molecule has 2 aromatic rings. The third-order valence-corrected chi connectivity index (χ3v) is 2.50. The number of hydrogen-bond donors (Lipinski definition) is 1. The van der Waals surface area contributed by atoms with Gasteiger partial charge in [-0.3, -0.25) is 0 Å². The van der Waals surface area contributed by atoms with Crippen LogP contribution in [-0.4, -0.2) is 0 Å². The van der Waals surface area contributed by atoms with Gasteiger partial charge in [-0.25, -0.2) is 0 Å². The van der Waals surface area contributed by atoms with Gasteiger partial charge < -0.3 is 10.5 Å². The van der Waals surface area contributed by atoms with Crippen molar-refractivity contribution < 1.29 is 4.74 Å². The smallest absolute Gasteiger partial charge is 0.127 e. The van der Waals surface area contributed by atoms with Crippen LogP contribution in [0.15, 0.2) is 67.3 Å². The quantitative estimate of drug-likeness (QED) is 0.806. The van der Waals surface area contributed by atoms with E-state index >= 15 is 0 Å². The van der Waals surface area contributed by atoms with Crippen molar-refractivity contribution in [3.63, 3.8) is 0 Å². The summed E-state index contributed by atoms with van der Waals surface area (Å²) in [5, 5.41) is 0. The second kappa shape index (κ2) is 5.32. The molecular formula is C15H15NO. The Morgan fingerprint density at radius 1 is 0.941 bits per heavy atom. The third-order valence-electron chi connectivity index (χ3n) is 2.50. The van der Waals surface area contributed by atoms with Gasteiger partial charge in [0, 0.05) is 6.04 Å². The van der Waals surface area contributed by atoms with Crippen LogP contribution in [0.1, 0.15) is 11.6 Å². The van der Waals surface area contributed by atoms with Crippen molar-refractivity contribution in [2.75, 3.05) is 0 Å². The first-order valence-electron chi connectivity index (χ1n) is 5.50. The van der Waals surface area contributed by atoms with Gasteiger partial charge in [0.1, 0.15) is 11.5 Å². The molecule has 0 fully saturated rings. The van der Waals surface area contributed by atoms with Crippen molar-refractivity contribution >= 4 is 0 Å². The summed E-state index contributed by atoms with van der Waals surface area (Å²) < 4.78 is 5.68. The minimum atomic E-state index is -0.124. The lowest BCUT2D eigenvalue weighted by Gasteiger charge is -2.09. The Labute approximate surface area is 101 Å². The molecule has 0 aliphatic carbocycles. The van der Waals surface area contributed by atoms with E-state index in [9.17, 15) is 0 Å². The molecule has 0 aromatic heterocycles. The van der Waals surface area contributed by atoms with Crippen LogP contribution < -0.4 is 10.5 Å². The van der Waals surface area contributed by atoms with Crippen molar-refractivity contribution in [2.24, 2.45) is 5.73 Å². The first-order chi connectivity index (χ1) is 8.29. The van der Waals surface area contributed by atoms with Gasteiger partial charge in [-0.2, -0.15) is 0 Å². The molecule has 0 heterocycles. The van der Waals surface area contributed by atoms with E-state index < -0.39 is 0 Å². The molecule has 0 radical (unpaired) electrons. The minimum Gasteiger partial charge on any atom is -0.457 e. The van der Waals surface area contributed by atoms with E-state index in [1.165, 1.54) is 0 Å². The summed E-state index contributed by atoms with van der Waals surface area (Å²) in [4.78, 5) is 0. The van der Waals surface area contributed by atoms with Crippen LogP contribution in [0.5, 0.6) is 11.5 Å². The fourth-order valence-electron chi connectivity index (χ4n) is 1.52. The predicted molar refractivity (Wildman–Crippen MR) is 70.1 cm³/mol. The van der Waals surface area contributed by atoms with Gasteiger partial charge in [0.05, 0.1) is 0 Å². The Morgan fingerprint density at radius 2 is 1.53 bits per heavy atom. The van der Waals surface area contributed by atoms with Crippen LogP contribution >= 0.6 is 0 Å². The lowest BCUT2D eigenvalue weighted by atomic mass is 10.1. The van der Waals surface area contributed by atoms with E-state index in [4.69, 9.17) is 10.5 Å². The van der Waals surface area contributed by atoms with E-state index in [1.807, 2.05) is 54.6 Å². The predicted octanol–water partition coefficient (Wildman–Crippen LogP) is 3.66. The molecule has 0 saturated heterocycles. The zero-order chi connectivity index (χ0) is 12.1. The molecule has 0 bridgehead atoms. The number of ether oxygens (including phenoxy) is 1. The van der Waals surface area contributed by atoms with Crippen LogP contribution in [0.3, 0.4) is 0 Å². The SMILES string of the molecule is C=C[C@@H](N)c1ccc(Oc2ccccc2)cc1. The Balaban J connectivity index is 2.11. The molecule has 0 aliphatic rings. The lowest BCUT2D eigenvalue weighted by molar-refractivity contribution is 0.482. The van der Waals surface area contributed by atoms with Crippen molar-refractivity contribution in [1.29, 1.82) is 0 Å². The van der Waals surface area contributed by atoms with E-state index in [-0.39, 0.29) is 6.04 Å². The number of rotatable bonds is 4. The minimum absolute atomic E-state index is 0.124. The molecule has 0 spiro atoms. The summed E-state index contributed by atoms with van der Waals surface area (Å²) in [7, 11) is 0. The Kier molecular flexibility index (Phi) is 3.58. The number of benzene rings is 2. The van der Waals surface area contributed by atoms with Gasteiger partial charge in [0.15, 0.2) is 0 Å². The zero-order valence-electron chi connectivity index (χ0n) is 9.54. The van der Waals surface area contributed by atoms with E-state index in [2.05, 4.69) is 6.58 Å². The standard InChI is InChI=1S/C15H15NO/c1-2-15(16)12-8-10-14(11-9-12)17-13-6-4-3-5-7-13/h2-11,15H,1,16H2/t15-/m1/s1. The number of hydrogen-bond acceptors (Lipinski definition) is 2. The summed E-state index contributed by atoms with van der Waals surface area (Å²) in [5.74, 6) is 1.63. The summed E-state index contributed by atoms with van der Waals surface area (Å²) in [6.45, 7) is 3.67. The number of nitrogens with two attached hydrogens (primary N) is 1. The van der Waals surface area contributed by atoms with Crippen molar-refractivity contribution in [3.8, 4) is 11.5 Å². The van der Waals surface area contributed by atoms with Crippen LogP contribution in [-0.2, 0) is 0 Å². The van der Waals surface area contributed by atoms with E-state index in [1.54, 1.807) is 6.08 Å². The molecule has 2 heteroatoms. The average Bonchev–Trinajstić information content (AvgIpc) is 2.40. The van der Waals surface area contributed by atoms with Gasteiger partial charge >= 0.3 is 0 Å². The monoisotopic (exact) mass is 225 g/mol. The van der Waals surface area contributed by atoms with Crippen molar-refractivity contribution in [3.05, 3.63) is 72.8 Å². The highest BCUT2D eigenvalue weighted by Crippen LogP contribution is 2.22. The zero-order valence-corrected chi connectivity index (χ0v) is 9.54. The largest absolute Gasteiger partial charge is 0.457 e. The first-order valence-corrected chi connectivity index (χ1v) is 5.50. The van der Waals surface area contributed by atoms with Crippen LogP contribution in [0.2, 0.25) is 0 Å². The molecule has 0 amide bonds. The Bertz CT molecular complexity index is 476. The van der Waals surface area contributed by atoms with Crippen LogP contribution in [0, 0.1) is 0 Å². The van der Waals surface area contributed by atoms with E-state index in [0.29, 0.717) is 0 Å². The second-order valence-corrected chi connectivity index (χ2v) is 3.75. The normalized spacial score (nSPS) is 11.8. The van der Waals surface area contributed by atoms with Crippen molar-refractivity contribution in [1.82, 2.24) is 0 Å². The van der Waals surface area contributed by atoms with E-state index in [0.717, 1.165) is 17.1 Å². The van der Waals surface area contributed by atoms with Gasteiger partial charge in [-0.15, -0.1) is 6.58 Å². The maximum atomic E-state index is 5.84.